The van der Waals surface area contributed by atoms with Crippen LogP contribution >= 0.6 is 0 Å². The molecule has 0 amide bonds. The molecule has 1 aromatic carbocycles. The van der Waals surface area contributed by atoms with Crippen molar-refractivity contribution in [3.05, 3.63) is 42.0 Å². The molecule has 0 fully saturated rings. The molecule has 2 rings (SSSR count). The van der Waals surface area contributed by atoms with Crippen molar-refractivity contribution < 1.29 is 4.39 Å². The largest absolute Gasteiger partial charge is 0.393 e. The van der Waals surface area contributed by atoms with Crippen molar-refractivity contribution in [1.82, 2.24) is 9.97 Å². The summed E-state index contributed by atoms with van der Waals surface area (Å²) in [7, 11) is 0. The first kappa shape index (κ1) is 15.0. The molecule has 6 heteroatoms. The Morgan fingerprint density at radius 2 is 1.86 bits per heavy atom. The number of nitrogens with two attached hydrogens (primary N) is 1. The first-order chi connectivity index (χ1) is 10.1. The predicted octanol–water partition coefficient (Wildman–Crippen LogP) is 3.02. The van der Waals surface area contributed by atoms with Crippen molar-refractivity contribution in [3.8, 4) is 0 Å². The van der Waals surface area contributed by atoms with Crippen LogP contribution in [-0.4, -0.2) is 16.0 Å². The van der Waals surface area contributed by atoms with Crippen LogP contribution in [0, 0.1) is 5.82 Å². The zero-order valence-electron chi connectivity index (χ0n) is 12.2. The van der Waals surface area contributed by atoms with Crippen LogP contribution in [0.15, 0.2) is 30.6 Å². The topological polar surface area (TPSA) is 75.9 Å². The first-order valence-corrected chi connectivity index (χ1v) is 6.95. The van der Waals surface area contributed by atoms with Crippen LogP contribution in [0.3, 0.4) is 0 Å². The van der Waals surface area contributed by atoms with Gasteiger partial charge in [-0.25, -0.2) is 14.4 Å². The van der Waals surface area contributed by atoms with Gasteiger partial charge in [0, 0.05) is 12.6 Å². The zero-order valence-corrected chi connectivity index (χ0v) is 12.2. The summed E-state index contributed by atoms with van der Waals surface area (Å²) in [6.45, 7) is 4.67. The fourth-order valence-electron chi connectivity index (χ4n) is 1.77. The Bertz CT molecular complexity index is 585. The summed E-state index contributed by atoms with van der Waals surface area (Å²) in [4.78, 5) is 8.30. The Morgan fingerprint density at radius 3 is 2.52 bits per heavy atom. The lowest BCUT2D eigenvalue weighted by molar-refractivity contribution is 0.627. The van der Waals surface area contributed by atoms with Gasteiger partial charge in [0.05, 0.1) is 0 Å². The van der Waals surface area contributed by atoms with E-state index in [4.69, 9.17) is 5.73 Å². The minimum absolute atomic E-state index is 0.250. The van der Waals surface area contributed by atoms with Crippen LogP contribution in [0.2, 0.25) is 0 Å². The summed E-state index contributed by atoms with van der Waals surface area (Å²) in [6.07, 6.45) is 2.44. The third-order valence-corrected chi connectivity index (χ3v) is 3.25. The Kier molecular flexibility index (Phi) is 4.92. The highest BCUT2D eigenvalue weighted by atomic mass is 19.1. The van der Waals surface area contributed by atoms with E-state index in [1.807, 2.05) is 0 Å². The van der Waals surface area contributed by atoms with Crippen LogP contribution in [0.5, 0.6) is 0 Å². The summed E-state index contributed by atoms with van der Waals surface area (Å²) < 4.78 is 12.9. The van der Waals surface area contributed by atoms with Crippen LogP contribution in [0.1, 0.15) is 25.8 Å². The van der Waals surface area contributed by atoms with Crippen LogP contribution in [0.25, 0.3) is 0 Å². The molecule has 112 valence electrons. The number of hydrogen-bond acceptors (Lipinski definition) is 5. The SMILES string of the molecule is CCC(C)Nc1ncnc(NCc2ccc(F)cc2)c1N. The van der Waals surface area contributed by atoms with Gasteiger partial charge < -0.3 is 16.4 Å². The molecule has 0 radical (unpaired) electrons. The highest BCUT2D eigenvalue weighted by Gasteiger charge is 2.09. The van der Waals surface area contributed by atoms with Gasteiger partial charge in [-0.2, -0.15) is 0 Å². The van der Waals surface area contributed by atoms with E-state index in [0.29, 0.717) is 23.9 Å². The maximum atomic E-state index is 12.9. The van der Waals surface area contributed by atoms with E-state index >= 15 is 0 Å². The van der Waals surface area contributed by atoms with Gasteiger partial charge in [-0.1, -0.05) is 19.1 Å². The second-order valence-electron chi connectivity index (χ2n) is 4.92. The number of nitrogens with zero attached hydrogens (tertiary/aromatic N) is 2. The van der Waals surface area contributed by atoms with Crippen molar-refractivity contribution in [3.63, 3.8) is 0 Å². The Morgan fingerprint density at radius 1 is 1.19 bits per heavy atom. The molecule has 2 aromatic rings. The average Bonchev–Trinajstić information content (AvgIpc) is 2.49. The molecule has 1 aromatic heterocycles. The first-order valence-electron chi connectivity index (χ1n) is 6.95. The van der Waals surface area contributed by atoms with Crippen molar-refractivity contribution in [1.29, 1.82) is 0 Å². The molecule has 1 unspecified atom stereocenters. The molecule has 0 saturated carbocycles. The Hall–Kier alpha value is -2.37. The number of benzene rings is 1. The third kappa shape index (κ3) is 4.05. The molecule has 0 aliphatic rings. The molecule has 1 atom stereocenters. The number of aromatic nitrogens is 2. The van der Waals surface area contributed by atoms with Gasteiger partial charge in [0.1, 0.15) is 17.8 Å². The van der Waals surface area contributed by atoms with Gasteiger partial charge in [-0.05, 0) is 31.0 Å². The quantitative estimate of drug-likeness (QED) is 0.762. The molecule has 0 saturated heterocycles. The number of nitrogens with one attached hydrogen (secondary N) is 2. The van der Waals surface area contributed by atoms with Gasteiger partial charge in [-0.15, -0.1) is 0 Å². The Balaban J connectivity index is 2.06. The van der Waals surface area contributed by atoms with Gasteiger partial charge in [0.2, 0.25) is 0 Å². The molecule has 4 N–H and O–H groups in total. The summed E-state index contributed by atoms with van der Waals surface area (Å²) in [5, 5.41) is 6.38. The number of nitrogen functional groups attached to an aromatic ring is 1. The summed E-state index contributed by atoms with van der Waals surface area (Å²) in [5.74, 6) is 0.946. The maximum absolute atomic E-state index is 12.9. The van der Waals surface area contributed by atoms with E-state index in [1.165, 1.54) is 18.5 Å². The average molecular weight is 289 g/mol. The lowest BCUT2D eigenvalue weighted by Crippen LogP contribution is -2.17. The van der Waals surface area contributed by atoms with Crippen molar-refractivity contribution >= 4 is 17.3 Å². The third-order valence-electron chi connectivity index (χ3n) is 3.25. The normalized spacial score (nSPS) is 12.0. The summed E-state index contributed by atoms with van der Waals surface area (Å²) in [5.41, 5.74) is 7.50. The standard InChI is InChI=1S/C15H20FN5/c1-3-10(2)21-15-13(17)14(19-9-20-15)18-8-11-4-6-12(16)7-5-11/h4-7,9-10H,3,8,17H2,1-2H3,(H2,18,19,20,21). The molecule has 21 heavy (non-hydrogen) atoms. The second kappa shape index (κ2) is 6.88. The zero-order chi connectivity index (χ0) is 15.2. The molecular formula is C15H20FN5. The highest BCUT2D eigenvalue weighted by molar-refractivity contribution is 5.74. The second-order valence-corrected chi connectivity index (χ2v) is 4.92. The highest BCUT2D eigenvalue weighted by Crippen LogP contribution is 2.23. The van der Waals surface area contributed by atoms with Gasteiger partial charge >= 0.3 is 0 Å². The van der Waals surface area contributed by atoms with Crippen LogP contribution < -0.4 is 16.4 Å². The van der Waals surface area contributed by atoms with Crippen LogP contribution in [0.4, 0.5) is 21.7 Å². The van der Waals surface area contributed by atoms with E-state index < -0.39 is 0 Å². The summed E-state index contributed by atoms with van der Waals surface area (Å²) >= 11 is 0. The van der Waals surface area contributed by atoms with E-state index in [0.717, 1.165) is 12.0 Å². The Labute approximate surface area is 123 Å². The van der Waals surface area contributed by atoms with Gasteiger partial charge in [0.15, 0.2) is 11.6 Å². The lowest BCUT2D eigenvalue weighted by atomic mass is 10.2. The number of rotatable bonds is 6. The predicted molar refractivity (Wildman–Crippen MR) is 83.5 cm³/mol. The minimum atomic E-state index is -0.250. The fraction of sp³-hybridized carbons (Fsp3) is 0.333. The molecule has 0 aliphatic carbocycles. The molecular weight excluding hydrogens is 269 g/mol. The van der Waals surface area contributed by atoms with Gasteiger partial charge in [0.25, 0.3) is 0 Å². The fourth-order valence-corrected chi connectivity index (χ4v) is 1.77. The monoisotopic (exact) mass is 289 g/mol. The number of hydrogen-bond donors (Lipinski definition) is 3. The van der Waals surface area contributed by atoms with Crippen molar-refractivity contribution in [2.45, 2.75) is 32.9 Å². The lowest BCUT2D eigenvalue weighted by Gasteiger charge is -2.16. The van der Waals surface area contributed by atoms with E-state index in [9.17, 15) is 4.39 Å². The van der Waals surface area contributed by atoms with Crippen molar-refractivity contribution in [2.24, 2.45) is 0 Å². The number of anilines is 3. The molecule has 0 bridgehead atoms. The van der Waals surface area contributed by atoms with Gasteiger partial charge in [-0.3, -0.25) is 0 Å². The summed E-state index contributed by atoms with van der Waals surface area (Å²) in [6, 6.07) is 6.58. The molecule has 0 aliphatic heterocycles. The van der Waals surface area contributed by atoms with E-state index in [2.05, 4.69) is 34.4 Å². The smallest absolute Gasteiger partial charge is 0.155 e. The number of halogens is 1. The van der Waals surface area contributed by atoms with Crippen LogP contribution in [-0.2, 0) is 6.54 Å². The van der Waals surface area contributed by atoms with Crippen molar-refractivity contribution in [2.75, 3.05) is 16.4 Å². The molecule has 0 spiro atoms. The minimum Gasteiger partial charge on any atom is -0.393 e. The van der Waals surface area contributed by atoms with E-state index in [1.54, 1.807) is 12.1 Å². The maximum Gasteiger partial charge on any atom is 0.155 e. The molecule has 1 heterocycles. The molecule has 5 nitrogen and oxygen atoms in total. The van der Waals surface area contributed by atoms with E-state index in [-0.39, 0.29) is 11.9 Å².